The zero-order valence-corrected chi connectivity index (χ0v) is 14.4. The predicted octanol–water partition coefficient (Wildman–Crippen LogP) is 2.00. The summed E-state index contributed by atoms with van der Waals surface area (Å²) < 4.78 is 10.1. The smallest absolute Gasteiger partial charge is 0.339 e. The van der Waals surface area contributed by atoms with Crippen LogP contribution >= 0.6 is 0 Å². The summed E-state index contributed by atoms with van der Waals surface area (Å²) in [5.41, 5.74) is 0.567. The van der Waals surface area contributed by atoms with Crippen LogP contribution in [0.2, 0.25) is 0 Å². The topological polar surface area (TPSA) is 93.7 Å². The molecule has 0 heterocycles. The van der Waals surface area contributed by atoms with Gasteiger partial charge in [-0.1, -0.05) is 30.3 Å². The summed E-state index contributed by atoms with van der Waals surface area (Å²) in [6.45, 7) is 0.00230. The van der Waals surface area contributed by atoms with E-state index in [9.17, 15) is 14.4 Å². The number of carbonyl (C=O) groups is 3. The molecule has 0 saturated heterocycles. The van der Waals surface area contributed by atoms with Gasteiger partial charge in [0.05, 0.1) is 37.9 Å². The number of carbonyl (C=O) groups excluding carboxylic acids is 3. The van der Waals surface area contributed by atoms with Crippen molar-refractivity contribution in [1.29, 1.82) is 0 Å². The molecule has 0 aliphatic rings. The average molecular weight is 356 g/mol. The standard InChI is InChI=1S/C19H20N2O5/c1-25-19(24)15-9-5-6-10-16(15)21-18(23)13-20-17(22)11-12-26-14-7-3-2-4-8-14/h2-10H,11-13H2,1H3,(H,20,22)(H,21,23). The fourth-order valence-electron chi connectivity index (χ4n) is 2.12. The van der Waals surface area contributed by atoms with Crippen molar-refractivity contribution in [3.8, 4) is 5.75 Å². The highest BCUT2D eigenvalue weighted by molar-refractivity contribution is 6.02. The number of esters is 1. The van der Waals surface area contributed by atoms with Gasteiger partial charge in [0.2, 0.25) is 11.8 Å². The third-order valence-electron chi connectivity index (χ3n) is 3.39. The van der Waals surface area contributed by atoms with Crippen molar-refractivity contribution in [2.24, 2.45) is 0 Å². The Kier molecular flexibility index (Phi) is 7.17. The molecule has 0 aliphatic heterocycles. The molecule has 7 nitrogen and oxygen atoms in total. The highest BCUT2D eigenvalue weighted by Crippen LogP contribution is 2.15. The SMILES string of the molecule is COC(=O)c1ccccc1NC(=O)CNC(=O)CCOc1ccccc1. The average Bonchev–Trinajstić information content (AvgIpc) is 2.67. The summed E-state index contributed by atoms with van der Waals surface area (Å²) in [6, 6.07) is 15.6. The van der Waals surface area contributed by atoms with Gasteiger partial charge < -0.3 is 20.1 Å². The van der Waals surface area contributed by atoms with Gasteiger partial charge in [-0.3, -0.25) is 9.59 Å². The largest absolute Gasteiger partial charge is 0.493 e. The van der Waals surface area contributed by atoms with Gasteiger partial charge in [-0.15, -0.1) is 0 Å². The Labute approximate surface area is 151 Å². The van der Waals surface area contributed by atoms with Crippen LogP contribution < -0.4 is 15.4 Å². The van der Waals surface area contributed by atoms with Crippen LogP contribution in [0.4, 0.5) is 5.69 Å². The van der Waals surface area contributed by atoms with E-state index in [0.29, 0.717) is 11.4 Å². The van der Waals surface area contributed by atoms with E-state index in [4.69, 9.17) is 4.74 Å². The van der Waals surface area contributed by atoms with Crippen LogP contribution in [-0.2, 0) is 14.3 Å². The van der Waals surface area contributed by atoms with Gasteiger partial charge in [-0.05, 0) is 24.3 Å². The van der Waals surface area contributed by atoms with E-state index < -0.39 is 11.9 Å². The Morgan fingerprint density at radius 1 is 0.923 bits per heavy atom. The number of nitrogens with one attached hydrogen (secondary N) is 2. The number of anilines is 1. The Balaban J connectivity index is 1.75. The zero-order valence-electron chi connectivity index (χ0n) is 14.4. The maximum absolute atomic E-state index is 12.0. The molecule has 0 unspecified atom stereocenters. The lowest BCUT2D eigenvalue weighted by molar-refractivity contribution is -0.124. The van der Waals surface area contributed by atoms with E-state index >= 15 is 0 Å². The molecule has 2 amide bonds. The van der Waals surface area contributed by atoms with Gasteiger partial charge >= 0.3 is 5.97 Å². The summed E-state index contributed by atoms with van der Waals surface area (Å²) in [5, 5.41) is 5.08. The molecule has 2 aromatic carbocycles. The summed E-state index contributed by atoms with van der Waals surface area (Å²) in [7, 11) is 1.26. The Morgan fingerprint density at radius 3 is 2.35 bits per heavy atom. The minimum atomic E-state index is -0.553. The van der Waals surface area contributed by atoms with Gasteiger partial charge in [0.1, 0.15) is 5.75 Å². The minimum absolute atomic E-state index is 0.126. The third kappa shape index (κ3) is 5.94. The van der Waals surface area contributed by atoms with Gasteiger partial charge in [0, 0.05) is 0 Å². The molecular formula is C19H20N2O5. The first-order valence-electron chi connectivity index (χ1n) is 8.02. The normalized spacial score (nSPS) is 9.88. The van der Waals surface area contributed by atoms with E-state index in [0.717, 1.165) is 0 Å². The lowest BCUT2D eigenvalue weighted by Gasteiger charge is -2.10. The van der Waals surface area contributed by atoms with Crippen molar-refractivity contribution in [2.45, 2.75) is 6.42 Å². The van der Waals surface area contributed by atoms with Crippen LogP contribution in [-0.4, -0.2) is 38.0 Å². The van der Waals surface area contributed by atoms with E-state index in [-0.39, 0.29) is 31.0 Å². The molecule has 0 radical (unpaired) electrons. The molecule has 0 aromatic heterocycles. The van der Waals surface area contributed by atoms with Crippen LogP contribution in [0.1, 0.15) is 16.8 Å². The number of hydrogen-bond acceptors (Lipinski definition) is 5. The second kappa shape index (κ2) is 9.83. The number of para-hydroxylation sites is 2. The van der Waals surface area contributed by atoms with Crippen molar-refractivity contribution in [1.82, 2.24) is 5.32 Å². The maximum Gasteiger partial charge on any atom is 0.339 e. The highest BCUT2D eigenvalue weighted by atomic mass is 16.5. The first-order chi connectivity index (χ1) is 12.6. The summed E-state index contributed by atoms with van der Waals surface area (Å²) in [4.78, 5) is 35.4. The van der Waals surface area contributed by atoms with Gasteiger partial charge in [0.25, 0.3) is 0 Å². The molecule has 2 aromatic rings. The first-order valence-corrected chi connectivity index (χ1v) is 8.02. The minimum Gasteiger partial charge on any atom is -0.493 e. The number of hydrogen-bond donors (Lipinski definition) is 2. The van der Waals surface area contributed by atoms with Crippen molar-refractivity contribution in [2.75, 3.05) is 25.6 Å². The lowest BCUT2D eigenvalue weighted by atomic mass is 10.2. The first kappa shape index (κ1) is 19.0. The van der Waals surface area contributed by atoms with Gasteiger partial charge in [-0.25, -0.2) is 4.79 Å². The molecule has 2 rings (SSSR count). The molecule has 0 atom stereocenters. The highest BCUT2D eigenvalue weighted by Gasteiger charge is 2.13. The number of benzene rings is 2. The van der Waals surface area contributed by atoms with Gasteiger partial charge in [0.15, 0.2) is 0 Å². The zero-order chi connectivity index (χ0) is 18.8. The number of ether oxygens (including phenoxy) is 2. The van der Waals surface area contributed by atoms with Crippen LogP contribution in [0.15, 0.2) is 54.6 Å². The molecule has 0 saturated carbocycles. The second-order valence-corrected chi connectivity index (χ2v) is 5.27. The van der Waals surface area contributed by atoms with Gasteiger partial charge in [-0.2, -0.15) is 0 Å². The molecular weight excluding hydrogens is 336 g/mol. The van der Waals surface area contributed by atoms with Crippen LogP contribution in [0.5, 0.6) is 5.75 Å². The molecule has 0 fully saturated rings. The third-order valence-corrected chi connectivity index (χ3v) is 3.39. The van der Waals surface area contributed by atoms with Crippen molar-refractivity contribution in [3.05, 3.63) is 60.2 Å². The van der Waals surface area contributed by atoms with Crippen LogP contribution in [0, 0.1) is 0 Å². The summed E-state index contributed by atoms with van der Waals surface area (Å²) >= 11 is 0. The summed E-state index contributed by atoms with van der Waals surface area (Å²) in [5.74, 6) is -0.628. The Hall–Kier alpha value is -3.35. The Morgan fingerprint density at radius 2 is 1.62 bits per heavy atom. The summed E-state index contributed by atoms with van der Waals surface area (Å²) in [6.07, 6.45) is 0.126. The second-order valence-electron chi connectivity index (χ2n) is 5.27. The predicted molar refractivity (Wildman–Crippen MR) is 96.0 cm³/mol. The number of rotatable bonds is 8. The van der Waals surface area contributed by atoms with E-state index in [1.165, 1.54) is 7.11 Å². The quantitative estimate of drug-likeness (QED) is 0.706. The van der Waals surface area contributed by atoms with Crippen molar-refractivity contribution < 1.29 is 23.9 Å². The molecule has 0 bridgehead atoms. The molecule has 2 N–H and O–H groups in total. The Bertz CT molecular complexity index is 762. The number of amides is 2. The maximum atomic E-state index is 12.0. The fourth-order valence-corrected chi connectivity index (χ4v) is 2.12. The van der Waals surface area contributed by atoms with Crippen molar-refractivity contribution in [3.63, 3.8) is 0 Å². The van der Waals surface area contributed by atoms with E-state index in [1.54, 1.807) is 36.4 Å². The van der Waals surface area contributed by atoms with Crippen LogP contribution in [0.25, 0.3) is 0 Å². The lowest BCUT2D eigenvalue weighted by Crippen LogP contribution is -2.33. The number of methoxy groups -OCH3 is 1. The molecule has 0 aliphatic carbocycles. The molecule has 26 heavy (non-hydrogen) atoms. The van der Waals surface area contributed by atoms with E-state index in [1.807, 2.05) is 18.2 Å². The molecule has 136 valence electrons. The fraction of sp³-hybridized carbons (Fsp3) is 0.211. The molecule has 7 heteroatoms. The van der Waals surface area contributed by atoms with Crippen molar-refractivity contribution >= 4 is 23.5 Å². The molecule has 0 spiro atoms. The van der Waals surface area contributed by atoms with E-state index in [2.05, 4.69) is 15.4 Å². The monoisotopic (exact) mass is 356 g/mol. The van der Waals surface area contributed by atoms with Crippen LogP contribution in [0.3, 0.4) is 0 Å².